The van der Waals surface area contributed by atoms with Gasteiger partial charge >= 0.3 is 0 Å². The molecule has 2 nitrogen and oxygen atoms in total. The fourth-order valence-electron chi connectivity index (χ4n) is 1.73. The van der Waals surface area contributed by atoms with Crippen LogP contribution in [-0.2, 0) is 0 Å². The molecule has 1 aliphatic carbocycles. The molecule has 0 spiro atoms. The first kappa shape index (κ1) is 13.1. The predicted octanol–water partition coefficient (Wildman–Crippen LogP) is 3.66. The van der Waals surface area contributed by atoms with E-state index in [9.17, 15) is 4.79 Å². The maximum absolute atomic E-state index is 12.0. The number of aryl methyl sites for hydroxylation is 1. The van der Waals surface area contributed by atoms with Gasteiger partial charge in [-0.1, -0.05) is 28.1 Å². The number of nitrogens with one attached hydrogen (secondary N) is 1. The smallest absolute Gasteiger partial charge is 0.252 e. The third-order valence-corrected chi connectivity index (χ3v) is 5.15. The largest absolute Gasteiger partial charge is 0.351 e. The van der Waals surface area contributed by atoms with E-state index in [2.05, 4.69) is 37.2 Å². The van der Waals surface area contributed by atoms with Gasteiger partial charge in [-0.3, -0.25) is 4.79 Å². The summed E-state index contributed by atoms with van der Waals surface area (Å²) in [5.41, 5.74) is 1.79. The molecule has 0 bridgehead atoms. The maximum atomic E-state index is 12.0. The second kappa shape index (κ2) is 5.53. The second-order valence-corrected chi connectivity index (χ2v) is 6.47. The van der Waals surface area contributed by atoms with Gasteiger partial charge in [-0.2, -0.15) is 0 Å². The summed E-state index contributed by atoms with van der Waals surface area (Å²) in [6.07, 6.45) is 2.56. The number of carbonyl (C=O) groups excluding carboxylic acids is 1. The van der Waals surface area contributed by atoms with E-state index in [4.69, 9.17) is 0 Å². The summed E-state index contributed by atoms with van der Waals surface area (Å²) < 4.78 is 0.884. The summed E-state index contributed by atoms with van der Waals surface area (Å²) in [5, 5.41) is 2.97. The molecule has 92 valence electrons. The Morgan fingerprint density at radius 2 is 2.24 bits per heavy atom. The van der Waals surface area contributed by atoms with Gasteiger partial charge in [0.15, 0.2) is 0 Å². The predicted molar refractivity (Wildman–Crippen MR) is 76.7 cm³/mol. The molecule has 0 radical (unpaired) electrons. The van der Waals surface area contributed by atoms with E-state index in [1.54, 1.807) is 0 Å². The van der Waals surface area contributed by atoms with Crippen molar-refractivity contribution in [3.63, 3.8) is 0 Å². The van der Waals surface area contributed by atoms with Crippen molar-refractivity contribution in [2.24, 2.45) is 5.92 Å². The Bertz CT molecular complexity index is 429. The van der Waals surface area contributed by atoms with Crippen LogP contribution >= 0.6 is 31.9 Å². The minimum absolute atomic E-state index is 0.00863. The van der Waals surface area contributed by atoms with Crippen molar-refractivity contribution in [3.8, 4) is 0 Å². The molecule has 17 heavy (non-hydrogen) atoms. The van der Waals surface area contributed by atoms with Gasteiger partial charge in [0.25, 0.3) is 5.91 Å². The summed E-state index contributed by atoms with van der Waals surface area (Å²) in [6, 6.07) is 5.73. The Morgan fingerprint density at radius 3 is 2.88 bits per heavy atom. The molecule has 1 amide bonds. The maximum Gasteiger partial charge on any atom is 0.252 e. The van der Waals surface area contributed by atoms with E-state index in [0.29, 0.717) is 16.9 Å². The van der Waals surface area contributed by atoms with Crippen LogP contribution < -0.4 is 5.32 Å². The summed E-state index contributed by atoms with van der Waals surface area (Å²) >= 11 is 7.07. The highest BCUT2D eigenvalue weighted by Gasteiger charge is 2.29. The average Bonchev–Trinajstić information content (AvgIpc) is 3.13. The van der Waals surface area contributed by atoms with E-state index >= 15 is 0 Å². The van der Waals surface area contributed by atoms with Gasteiger partial charge in [0, 0.05) is 15.8 Å². The van der Waals surface area contributed by atoms with Crippen molar-refractivity contribution in [2.45, 2.75) is 24.6 Å². The first-order chi connectivity index (χ1) is 8.09. The van der Waals surface area contributed by atoms with Crippen LogP contribution in [-0.4, -0.2) is 17.3 Å². The highest BCUT2D eigenvalue weighted by Crippen LogP contribution is 2.36. The zero-order chi connectivity index (χ0) is 12.4. The lowest BCUT2D eigenvalue weighted by Crippen LogP contribution is -2.30. The van der Waals surface area contributed by atoms with Crippen molar-refractivity contribution >= 4 is 37.8 Å². The van der Waals surface area contributed by atoms with Crippen LogP contribution in [0.5, 0.6) is 0 Å². The van der Waals surface area contributed by atoms with Crippen molar-refractivity contribution in [1.29, 1.82) is 0 Å². The number of hydrogen-bond donors (Lipinski definition) is 1. The van der Waals surface area contributed by atoms with Gasteiger partial charge in [0.05, 0.1) is 5.56 Å². The number of alkyl halides is 1. The fraction of sp³-hybridized carbons (Fsp3) is 0.462. The molecule has 1 saturated carbocycles. The SMILES string of the molecule is Cc1cccc(C(=O)NCC(Br)C2CC2)c1Br. The van der Waals surface area contributed by atoms with Gasteiger partial charge < -0.3 is 5.32 Å². The second-order valence-electron chi connectivity index (χ2n) is 4.50. The first-order valence-corrected chi connectivity index (χ1v) is 7.48. The highest BCUT2D eigenvalue weighted by molar-refractivity contribution is 9.10. The van der Waals surface area contributed by atoms with E-state index in [0.717, 1.165) is 16.0 Å². The monoisotopic (exact) mass is 359 g/mol. The van der Waals surface area contributed by atoms with E-state index < -0.39 is 0 Å². The fourth-order valence-corrected chi connectivity index (χ4v) is 2.87. The highest BCUT2D eigenvalue weighted by atomic mass is 79.9. The van der Waals surface area contributed by atoms with Crippen LogP contribution in [0.15, 0.2) is 22.7 Å². The summed E-state index contributed by atoms with van der Waals surface area (Å²) in [5.74, 6) is 0.738. The lowest BCUT2D eigenvalue weighted by molar-refractivity contribution is 0.0952. The molecule has 0 heterocycles. The molecular formula is C13H15Br2NO. The van der Waals surface area contributed by atoms with Gasteiger partial charge in [-0.15, -0.1) is 0 Å². The number of hydrogen-bond acceptors (Lipinski definition) is 1. The normalized spacial score (nSPS) is 16.6. The molecule has 1 aromatic rings. The van der Waals surface area contributed by atoms with E-state index in [1.807, 2.05) is 25.1 Å². The molecule has 1 atom stereocenters. The number of rotatable bonds is 4. The average molecular weight is 361 g/mol. The lowest BCUT2D eigenvalue weighted by Gasteiger charge is -2.11. The van der Waals surface area contributed by atoms with E-state index in [1.165, 1.54) is 12.8 Å². The van der Waals surface area contributed by atoms with Gasteiger partial charge in [0.2, 0.25) is 0 Å². The molecule has 1 N–H and O–H groups in total. The number of benzene rings is 1. The number of carbonyl (C=O) groups is 1. The lowest BCUT2D eigenvalue weighted by atomic mass is 10.1. The van der Waals surface area contributed by atoms with Crippen LogP contribution in [0.2, 0.25) is 0 Å². The minimum atomic E-state index is -0.00863. The van der Waals surface area contributed by atoms with Crippen LogP contribution in [0, 0.1) is 12.8 Å². The molecule has 1 aromatic carbocycles. The van der Waals surface area contributed by atoms with Gasteiger partial charge in [0.1, 0.15) is 0 Å². The summed E-state index contributed by atoms with van der Waals surface area (Å²) in [6.45, 7) is 2.68. The number of halogens is 2. The Labute approximate surface area is 118 Å². The molecule has 4 heteroatoms. The molecule has 2 rings (SSSR count). The summed E-state index contributed by atoms with van der Waals surface area (Å²) in [7, 11) is 0. The molecular weight excluding hydrogens is 346 g/mol. The third-order valence-electron chi connectivity index (χ3n) is 3.03. The first-order valence-electron chi connectivity index (χ1n) is 5.77. The van der Waals surface area contributed by atoms with Crippen LogP contribution in [0.3, 0.4) is 0 Å². The zero-order valence-electron chi connectivity index (χ0n) is 9.67. The Morgan fingerprint density at radius 1 is 1.53 bits per heavy atom. The van der Waals surface area contributed by atoms with Crippen molar-refractivity contribution < 1.29 is 4.79 Å². The molecule has 0 aromatic heterocycles. The minimum Gasteiger partial charge on any atom is -0.351 e. The Hall–Kier alpha value is -0.350. The summed E-state index contributed by atoms with van der Waals surface area (Å²) in [4.78, 5) is 12.4. The molecule has 1 aliphatic rings. The number of amides is 1. The van der Waals surface area contributed by atoms with Crippen molar-refractivity contribution in [1.82, 2.24) is 5.32 Å². The zero-order valence-corrected chi connectivity index (χ0v) is 12.8. The molecule has 0 aliphatic heterocycles. The van der Waals surface area contributed by atoms with E-state index in [-0.39, 0.29) is 5.91 Å². The van der Waals surface area contributed by atoms with Gasteiger partial charge in [-0.05, 0) is 53.2 Å². The molecule has 1 fully saturated rings. The van der Waals surface area contributed by atoms with Crippen molar-refractivity contribution in [3.05, 3.63) is 33.8 Å². The van der Waals surface area contributed by atoms with Crippen LogP contribution in [0.25, 0.3) is 0 Å². The van der Waals surface area contributed by atoms with Gasteiger partial charge in [-0.25, -0.2) is 0 Å². The van der Waals surface area contributed by atoms with Crippen LogP contribution in [0.1, 0.15) is 28.8 Å². The van der Waals surface area contributed by atoms with Crippen LogP contribution in [0.4, 0.5) is 0 Å². The topological polar surface area (TPSA) is 29.1 Å². The Kier molecular flexibility index (Phi) is 4.26. The Balaban J connectivity index is 1.96. The standard InChI is InChI=1S/C13H15Br2NO/c1-8-3-2-4-10(12(8)15)13(17)16-7-11(14)9-5-6-9/h2-4,9,11H,5-7H2,1H3,(H,16,17). The molecule has 1 unspecified atom stereocenters. The third kappa shape index (κ3) is 3.32. The van der Waals surface area contributed by atoms with Crippen molar-refractivity contribution in [2.75, 3.05) is 6.54 Å². The molecule has 0 saturated heterocycles. The quantitative estimate of drug-likeness (QED) is 0.815.